The number of nitrogens with zero attached hydrogens (tertiary/aromatic N) is 4. The first kappa shape index (κ1) is 7.67. The Hall–Kier alpha value is -0.970. The summed E-state index contributed by atoms with van der Waals surface area (Å²) in [6.45, 7) is 2.20. The van der Waals surface area contributed by atoms with Gasteiger partial charge in [-0.25, -0.2) is 0 Å². The van der Waals surface area contributed by atoms with Gasteiger partial charge in [-0.2, -0.15) is 4.80 Å². The van der Waals surface area contributed by atoms with E-state index in [1.807, 2.05) is 0 Å². The van der Waals surface area contributed by atoms with Crippen molar-refractivity contribution < 1.29 is 0 Å². The van der Waals surface area contributed by atoms with Crippen molar-refractivity contribution in [2.24, 2.45) is 24.6 Å². The number of tetrazole rings is 1. The lowest BCUT2D eigenvalue weighted by Gasteiger charge is -2.03. The zero-order chi connectivity index (χ0) is 8.72. The molecule has 2 rings (SSSR count). The number of hydrogen-bond donors (Lipinski definition) is 1. The molecule has 0 amide bonds. The van der Waals surface area contributed by atoms with Gasteiger partial charge in [0.05, 0.1) is 13.1 Å². The summed E-state index contributed by atoms with van der Waals surface area (Å²) >= 11 is 0. The number of nitrogens with two attached hydrogens (primary N) is 1. The third-order valence-electron chi connectivity index (χ3n) is 2.45. The number of hydrogen-bond acceptors (Lipinski definition) is 4. The van der Waals surface area contributed by atoms with E-state index in [0.29, 0.717) is 11.7 Å². The third kappa shape index (κ3) is 1.20. The Morgan fingerprint density at radius 2 is 2.33 bits per heavy atom. The van der Waals surface area contributed by atoms with Crippen LogP contribution in [0, 0.1) is 11.8 Å². The molecule has 0 bridgehead atoms. The van der Waals surface area contributed by atoms with Crippen molar-refractivity contribution in [3.8, 4) is 0 Å². The van der Waals surface area contributed by atoms with Gasteiger partial charge in [-0.15, -0.1) is 10.2 Å². The Labute approximate surface area is 70.9 Å². The van der Waals surface area contributed by atoms with Crippen LogP contribution in [0.1, 0.15) is 25.2 Å². The summed E-state index contributed by atoms with van der Waals surface area (Å²) in [5.74, 6) is 1.96. The highest BCUT2D eigenvalue weighted by atomic mass is 15.6. The van der Waals surface area contributed by atoms with Crippen LogP contribution in [0.25, 0.3) is 0 Å². The number of rotatable bonds is 2. The quantitative estimate of drug-likeness (QED) is 0.666. The second-order valence-corrected chi connectivity index (χ2v) is 3.54. The predicted octanol–water partition coefficient (Wildman–Crippen LogP) is -0.134. The lowest BCUT2D eigenvalue weighted by Crippen LogP contribution is -2.15. The molecule has 0 radical (unpaired) electrons. The molecule has 12 heavy (non-hydrogen) atoms. The van der Waals surface area contributed by atoms with Gasteiger partial charge in [-0.05, 0) is 23.5 Å². The Kier molecular flexibility index (Phi) is 1.61. The first-order valence-electron chi connectivity index (χ1n) is 4.18. The predicted molar refractivity (Wildman–Crippen MR) is 43.0 cm³/mol. The maximum atomic E-state index is 5.93. The Balaban J connectivity index is 2.09. The fourth-order valence-corrected chi connectivity index (χ4v) is 1.47. The Bertz CT molecular complexity index is 281. The van der Waals surface area contributed by atoms with Gasteiger partial charge in [-0.3, -0.25) is 0 Å². The maximum Gasteiger partial charge on any atom is 0.191 e. The number of aryl methyl sites for hydroxylation is 1. The van der Waals surface area contributed by atoms with Gasteiger partial charge in [-0.1, -0.05) is 6.92 Å². The minimum absolute atomic E-state index is 0.0197. The molecule has 0 aromatic carbocycles. The van der Waals surface area contributed by atoms with E-state index in [9.17, 15) is 0 Å². The smallest absolute Gasteiger partial charge is 0.191 e. The van der Waals surface area contributed by atoms with E-state index in [2.05, 4.69) is 22.3 Å². The fourth-order valence-electron chi connectivity index (χ4n) is 1.47. The number of aromatic nitrogens is 4. The van der Waals surface area contributed by atoms with Gasteiger partial charge in [0.15, 0.2) is 5.82 Å². The summed E-state index contributed by atoms with van der Waals surface area (Å²) < 4.78 is 0. The second kappa shape index (κ2) is 2.52. The van der Waals surface area contributed by atoms with Gasteiger partial charge in [0.2, 0.25) is 0 Å². The van der Waals surface area contributed by atoms with Crippen LogP contribution in [0.3, 0.4) is 0 Å². The van der Waals surface area contributed by atoms with Crippen LogP contribution in [0.15, 0.2) is 0 Å². The normalized spacial score (nSPS) is 30.2. The van der Waals surface area contributed by atoms with Gasteiger partial charge in [0.1, 0.15) is 0 Å². The zero-order valence-electron chi connectivity index (χ0n) is 7.31. The molecule has 66 valence electrons. The van der Waals surface area contributed by atoms with Crippen molar-refractivity contribution in [2.75, 3.05) is 0 Å². The van der Waals surface area contributed by atoms with E-state index < -0.39 is 0 Å². The standard InChI is InChI=1S/C7H13N5/c1-4-3-5(4)6(8)7-9-11-12(2)10-7/h4-6H,3,8H2,1-2H3. The van der Waals surface area contributed by atoms with Crippen molar-refractivity contribution in [3.63, 3.8) is 0 Å². The zero-order valence-corrected chi connectivity index (χ0v) is 7.31. The Morgan fingerprint density at radius 1 is 1.67 bits per heavy atom. The van der Waals surface area contributed by atoms with Crippen LogP contribution in [-0.2, 0) is 7.05 Å². The molecule has 5 nitrogen and oxygen atoms in total. The lowest BCUT2D eigenvalue weighted by atomic mass is 10.1. The summed E-state index contributed by atoms with van der Waals surface area (Å²) in [5.41, 5.74) is 5.93. The molecule has 2 N–H and O–H groups in total. The van der Waals surface area contributed by atoms with Gasteiger partial charge < -0.3 is 5.73 Å². The van der Waals surface area contributed by atoms with Crippen molar-refractivity contribution >= 4 is 0 Å². The van der Waals surface area contributed by atoms with Crippen LogP contribution >= 0.6 is 0 Å². The summed E-state index contributed by atoms with van der Waals surface area (Å²) in [5, 5.41) is 11.7. The third-order valence-corrected chi connectivity index (χ3v) is 2.45. The molecule has 1 aliphatic carbocycles. The molecule has 1 fully saturated rings. The second-order valence-electron chi connectivity index (χ2n) is 3.54. The van der Waals surface area contributed by atoms with E-state index in [1.54, 1.807) is 7.05 Å². The molecule has 0 saturated heterocycles. The molecule has 1 aliphatic rings. The average Bonchev–Trinajstić information content (AvgIpc) is 2.58. The molecule has 5 heteroatoms. The van der Waals surface area contributed by atoms with Crippen molar-refractivity contribution in [3.05, 3.63) is 5.82 Å². The van der Waals surface area contributed by atoms with E-state index in [1.165, 1.54) is 11.2 Å². The fraction of sp³-hybridized carbons (Fsp3) is 0.857. The lowest BCUT2D eigenvalue weighted by molar-refractivity contribution is 0.554. The van der Waals surface area contributed by atoms with Crippen LogP contribution < -0.4 is 5.73 Å². The average molecular weight is 167 g/mol. The molecular weight excluding hydrogens is 154 g/mol. The highest BCUT2D eigenvalue weighted by molar-refractivity contribution is 5.00. The van der Waals surface area contributed by atoms with E-state index in [0.717, 1.165) is 5.92 Å². The molecule has 0 spiro atoms. The van der Waals surface area contributed by atoms with Gasteiger partial charge >= 0.3 is 0 Å². The van der Waals surface area contributed by atoms with E-state index in [4.69, 9.17) is 5.73 Å². The summed E-state index contributed by atoms with van der Waals surface area (Å²) in [6.07, 6.45) is 1.19. The Morgan fingerprint density at radius 3 is 2.75 bits per heavy atom. The SMILES string of the molecule is CC1CC1C(N)c1nnn(C)n1. The van der Waals surface area contributed by atoms with Crippen LogP contribution in [0.4, 0.5) is 0 Å². The molecule has 1 aromatic rings. The first-order chi connectivity index (χ1) is 5.68. The topological polar surface area (TPSA) is 69.6 Å². The molecule has 1 saturated carbocycles. The van der Waals surface area contributed by atoms with Crippen LogP contribution in [0.2, 0.25) is 0 Å². The summed E-state index contributed by atoms with van der Waals surface area (Å²) in [6, 6.07) is -0.0197. The monoisotopic (exact) mass is 167 g/mol. The molecule has 1 heterocycles. The van der Waals surface area contributed by atoms with Crippen LogP contribution in [0.5, 0.6) is 0 Å². The van der Waals surface area contributed by atoms with Crippen LogP contribution in [-0.4, -0.2) is 20.2 Å². The minimum Gasteiger partial charge on any atom is -0.321 e. The van der Waals surface area contributed by atoms with Crippen molar-refractivity contribution in [1.29, 1.82) is 0 Å². The van der Waals surface area contributed by atoms with Crippen molar-refractivity contribution in [1.82, 2.24) is 20.2 Å². The maximum absolute atomic E-state index is 5.93. The summed E-state index contributed by atoms with van der Waals surface area (Å²) in [7, 11) is 1.75. The minimum atomic E-state index is -0.0197. The molecule has 3 atom stereocenters. The highest BCUT2D eigenvalue weighted by Crippen LogP contribution is 2.44. The van der Waals surface area contributed by atoms with Gasteiger partial charge in [0.25, 0.3) is 0 Å². The molecule has 3 unspecified atom stereocenters. The van der Waals surface area contributed by atoms with Crippen molar-refractivity contribution in [2.45, 2.75) is 19.4 Å². The molecular formula is C7H13N5. The first-order valence-corrected chi connectivity index (χ1v) is 4.18. The largest absolute Gasteiger partial charge is 0.321 e. The van der Waals surface area contributed by atoms with E-state index in [-0.39, 0.29) is 6.04 Å². The van der Waals surface area contributed by atoms with Gasteiger partial charge in [0, 0.05) is 0 Å². The molecule has 1 aromatic heterocycles. The molecule has 0 aliphatic heterocycles. The van der Waals surface area contributed by atoms with E-state index >= 15 is 0 Å². The summed E-state index contributed by atoms with van der Waals surface area (Å²) in [4.78, 5) is 1.45. The highest BCUT2D eigenvalue weighted by Gasteiger charge is 2.40.